The predicted molar refractivity (Wildman–Crippen MR) is 122 cm³/mol. The van der Waals surface area contributed by atoms with Gasteiger partial charge in [0.15, 0.2) is 0 Å². The number of methoxy groups -OCH3 is 4. The highest BCUT2D eigenvalue weighted by molar-refractivity contribution is 5.93. The monoisotopic (exact) mass is 402 g/mol. The molecule has 4 rings (SSSR count). The molecule has 154 valence electrons. The van der Waals surface area contributed by atoms with Crippen molar-refractivity contribution in [2.24, 2.45) is 0 Å². The van der Waals surface area contributed by atoms with Crippen LogP contribution in [0.4, 0.5) is 0 Å². The molecule has 0 saturated heterocycles. The lowest BCUT2D eigenvalue weighted by atomic mass is 9.95. The molecule has 0 amide bonds. The van der Waals surface area contributed by atoms with Gasteiger partial charge in [-0.15, -0.1) is 0 Å². The molecule has 0 heterocycles. The van der Waals surface area contributed by atoms with E-state index in [1.165, 1.54) is 11.1 Å². The van der Waals surface area contributed by atoms with Crippen molar-refractivity contribution in [2.45, 2.75) is 12.8 Å². The molecule has 0 atom stereocenters. The van der Waals surface area contributed by atoms with E-state index < -0.39 is 0 Å². The number of ether oxygens (including phenoxy) is 4. The maximum atomic E-state index is 5.56. The zero-order valence-corrected chi connectivity index (χ0v) is 17.8. The third kappa shape index (κ3) is 3.61. The number of aryl methyl sites for hydroxylation is 2. The molecule has 4 aromatic rings. The number of hydrogen-bond donors (Lipinski definition) is 0. The highest BCUT2D eigenvalue weighted by Crippen LogP contribution is 2.34. The molecule has 4 nitrogen and oxygen atoms in total. The zero-order chi connectivity index (χ0) is 21.1. The number of benzene rings is 4. The SMILES string of the molecule is COc1ccc2c(OC)ccc(CCc3ccc(OC)c4ccc(OC)cc34)c2c1. The summed E-state index contributed by atoms with van der Waals surface area (Å²) in [6, 6.07) is 20.6. The van der Waals surface area contributed by atoms with Crippen molar-refractivity contribution < 1.29 is 18.9 Å². The quantitative estimate of drug-likeness (QED) is 0.391. The zero-order valence-electron chi connectivity index (χ0n) is 17.8. The molecule has 0 aliphatic heterocycles. The van der Waals surface area contributed by atoms with Crippen LogP contribution in [0, 0.1) is 0 Å². The lowest BCUT2D eigenvalue weighted by Gasteiger charge is -2.14. The van der Waals surface area contributed by atoms with Crippen molar-refractivity contribution in [2.75, 3.05) is 28.4 Å². The number of hydrogen-bond acceptors (Lipinski definition) is 4. The van der Waals surface area contributed by atoms with E-state index in [9.17, 15) is 0 Å². The highest BCUT2D eigenvalue weighted by atomic mass is 16.5. The largest absolute Gasteiger partial charge is 0.497 e. The Kier molecular flexibility index (Phi) is 5.66. The van der Waals surface area contributed by atoms with Crippen LogP contribution in [-0.2, 0) is 12.8 Å². The fourth-order valence-corrected chi connectivity index (χ4v) is 4.03. The molecule has 30 heavy (non-hydrogen) atoms. The van der Waals surface area contributed by atoms with Crippen molar-refractivity contribution >= 4 is 21.5 Å². The summed E-state index contributed by atoms with van der Waals surface area (Å²) < 4.78 is 22.0. The third-order valence-corrected chi connectivity index (χ3v) is 5.65. The Morgan fingerprint density at radius 2 is 0.900 bits per heavy atom. The van der Waals surface area contributed by atoms with Crippen LogP contribution in [0.25, 0.3) is 21.5 Å². The summed E-state index contributed by atoms with van der Waals surface area (Å²) in [6.45, 7) is 0. The third-order valence-electron chi connectivity index (χ3n) is 5.65. The molecule has 0 saturated carbocycles. The Balaban J connectivity index is 1.75. The summed E-state index contributed by atoms with van der Waals surface area (Å²) in [7, 11) is 6.79. The first-order valence-electron chi connectivity index (χ1n) is 9.95. The van der Waals surface area contributed by atoms with E-state index in [1.807, 2.05) is 24.3 Å². The van der Waals surface area contributed by atoms with E-state index in [2.05, 4.69) is 36.4 Å². The van der Waals surface area contributed by atoms with Crippen LogP contribution >= 0.6 is 0 Å². The summed E-state index contributed by atoms with van der Waals surface area (Å²) in [6.07, 6.45) is 1.79. The maximum Gasteiger partial charge on any atom is 0.126 e. The molecule has 4 aromatic carbocycles. The van der Waals surface area contributed by atoms with E-state index >= 15 is 0 Å². The fourth-order valence-electron chi connectivity index (χ4n) is 4.03. The van der Waals surface area contributed by atoms with Gasteiger partial charge in [-0.3, -0.25) is 0 Å². The van der Waals surface area contributed by atoms with Crippen LogP contribution in [-0.4, -0.2) is 28.4 Å². The summed E-state index contributed by atoms with van der Waals surface area (Å²) >= 11 is 0. The van der Waals surface area contributed by atoms with Gasteiger partial charge in [0.05, 0.1) is 28.4 Å². The van der Waals surface area contributed by atoms with Crippen LogP contribution in [0.1, 0.15) is 11.1 Å². The van der Waals surface area contributed by atoms with Gasteiger partial charge in [-0.05, 0) is 83.3 Å². The molecule has 0 radical (unpaired) electrons. The predicted octanol–water partition coefficient (Wildman–Crippen LogP) is 5.81. The van der Waals surface area contributed by atoms with Crippen LogP contribution in [0.3, 0.4) is 0 Å². The van der Waals surface area contributed by atoms with Gasteiger partial charge >= 0.3 is 0 Å². The molecule has 0 aromatic heterocycles. The minimum absolute atomic E-state index is 0.844. The number of fused-ring (bicyclic) bond motifs is 2. The Morgan fingerprint density at radius 1 is 0.467 bits per heavy atom. The molecule has 0 unspecified atom stereocenters. The lowest BCUT2D eigenvalue weighted by molar-refractivity contribution is 0.414. The van der Waals surface area contributed by atoms with Gasteiger partial charge in [0.1, 0.15) is 23.0 Å². The summed E-state index contributed by atoms with van der Waals surface area (Å²) in [5.41, 5.74) is 2.52. The van der Waals surface area contributed by atoms with Gasteiger partial charge in [-0.25, -0.2) is 0 Å². The average Bonchev–Trinajstić information content (AvgIpc) is 2.81. The van der Waals surface area contributed by atoms with Gasteiger partial charge < -0.3 is 18.9 Å². The average molecular weight is 402 g/mol. The van der Waals surface area contributed by atoms with Gasteiger partial charge in [0.25, 0.3) is 0 Å². The fraction of sp³-hybridized carbons (Fsp3) is 0.231. The minimum atomic E-state index is 0.844. The molecular formula is C26H26O4. The molecule has 0 fully saturated rings. The summed E-state index contributed by atoms with van der Waals surface area (Å²) in [5.74, 6) is 3.43. The van der Waals surface area contributed by atoms with Crippen molar-refractivity contribution in [1.29, 1.82) is 0 Å². The van der Waals surface area contributed by atoms with Crippen LogP contribution in [0.5, 0.6) is 23.0 Å². The lowest BCUT2D eigenvalue weighted by Crippen LogP contribution is -1.97. The van der Waals surface area contributed by atoms with Crippen molar-refractivity contribution in [3.05, 3.63) is 71.8 Å². The second kappa shape index (κ2) is 8.54. The molecule has 0 bridgehead atoms. The Hall–Kier alpha value is -3.40. The maximum absolute atomic E-state index is 5.56. The van der Waals surface area contributed by atoms with Crippen LogP contribution < -0.4 is 18.9 Å². The smallest absolute Gasteiger partial charge is 0.126 e. The van der Waals surface area contributed by atoms with Gasteiger partial charge in [0, 0.05) is 10.8 Å². The molecule has 0 aliphatic rings. The Bertz CT molecular complexity index is 1100. The van der Waals surface area contributed by atoms with E-state index in [4.69, 9.17) is 18.9 Å². The van der Waals surface area contributed by atoms with Crippen LogP contribution in [0.15, 0.2) is 60.7 Å². The van der Waals surface area contributed by atoms with Gasteiger partial charge in [-0.1, -0.05) is 12.1 Å². The van der Waals surface area contributed by atoms with E-state index in [0.29, 0.717) is 0 Å². The van der Waals surface area contributed by atoms with Gasteiger partial charge in [-0.2, -0.15) is 0 Å². The molecule has 0 spiro atoms. The first kappa shape index (κ1) is 19.9. The highest BCUT2D eigenvalue weighted by Gasteiger charge is 2.11. The summed E-state index contributed by atoms with van der Waals surface area (Å²) in [4.78, 5) is 0. The second-order valence-corrected chi connectivity index (χ2v) is 7.18. The second-order valence-electron chi connectivity index (χ2n) is 7.18. The molecule has 0 aliphatic carbocycles. The van der Waals surface area contributed by atoms with Crippen LogP contribution in [0.2, 0.25) is 0 Å². The van der Waals surface area contributed by atoms with Crippen molar-refractivity contribution in [1.82, 2.24) is 0 Å². The first-order chi connectivity index (χ1) is 14.7. The molecule has 4 heteroatoms. The Labute approximate surface area is 176 Å². The first-order valence-corrected chi connectivity index (χ1v) is 9.95. The van der Waals surface area contributed by atoms with E-state index in [1.54, 1.807) is 28.4 Å². The van der Waals surface area contributed by atoms with Gasteiger partial charge in [0.2, 0.25) is 0 Å². The van der Waals surface area contributed by atoms with Crippen molar-refractivity contribution in [3.8, 4) is 23.0 Å². The Morgan fingerprint density at radius 3 is 1.27 bits per heavy atom. The molecular weight excluding hydrogens is 376 g/mol. The topological polar surface area (TPSA) is 36.9 Å². The van der Waals surface area contributed by atoms with E-state index in [0.717, 1.165) is 57.4 Å². The normalized spacial score (nSPS) is 10.9. The standard InChI is InChI=1S/C26H26O4/c1-27-19-9-11-21-23(15-19)17(7-13-25(21)29-3)5-6-18-8-14-26(30-4)22-12-10-20(28-2)16-24(18)22/h7-16H,5-6H2,1-4H3. The minimum Gasteiger partial charge on any atom is -0.497 e. The summed E-state index contributed by atoms with van der Waals surface area (Å²) in [5, 5.41) is 4.50. The van der Waals surface area contributed by atoms with E-state index in [-0.39, 0.29) is 0 Å². The molecule has 0 N–H and O–H groups in total. The van der Waals surface area contributed by atoms with Crippen molar-refractivity contribution in [3.63, 3.8) is 0 Å². The number of rotatable bonds is 7.